The summed E-state index contributed by atoms with van der Waals surface area (Å²) in [5.74, 6) is 0.200. The number of para-hydroxylation sites is 1. The third kappa shape index (κ3) is 4.65. The van der Waals surface area contributed by atoms with E-state index in [4.69, 9.17) is 22.1 Å². The van der Waals surface area contributed by atoms with Gasteiger partial charge in [0.05, 0.1) is 10.2 Å². The Bertz CT molecular complexity index is 1150. The molecule has 0 fully saturated rings. The predicted molar refractivity (Wildman–Crippen MR) is 119 cm³/mol. The second-order valence-corrected chi connectivity index (χ2v) is 7.91. The lowest BCUT2D eigenvalue weighted by Gasteiger charge is -2.07. The minimum absolute atomic E-state index is 0.391. The number of ether oxygens (including phenoxy) is 1. The van der Waals surface area contributed by atoms with E-state index in [2.05, 4.69) is 4.98 Å². The SMILES string of the molecule is NC(=O)/C(=C/c1ccc(Cl)cc1)c1ccc(OCc2nc3ccccc3s2)cc1. The number of thiazole rings is 1. The Hall–Kier alpha value is -3.15. The second kappa shape index (κ2) is 8.47. The van der Waals surface area contributed by atoms with Gasteiger partial charge < -0.3 is 10.5 Å². The molecule has 1 aromatic heterocycles. The molecule has 2 N–H and O–H groups in total. The molecular weight excluding hydrogens is 404 g/mol. The second-order valence-electron chi connectivity index (χ2n) is 6.36. The van der Waals surface area contributed by atoms with Crippen LogP contribution in [0.15, 0.2) is 72.8 Å². The lowest BCUT2D eigenvalue weighted by molar-refractivity contribution is -0.112. The average Bonchev–Trinajstić information content (AvgIpc) is 3.15. The molecule has 4 aromatic rings. The van der Waals surface area contributed by atoms with E-state index in [0.717, 1.165) is 26.4 Å². The molecule has 1 amide bonds. The number of benzene rings is 3. The number of nitrogens with zero attached hydrogens (tertiary/aromatic N) is 1. The minimum Gasteiger partial charge on any atom is -0.486 e. The summed E-state index contributed by atoms with van der Waals surface area (Å²) in [6.07, 6.45) is 1.75. The molecule has 4 rings (SSSR count). The Morgan fingerprint density at radius 3 is 2.45 bits per heavy atom. The van der Waals surface area contributed by atoms with Crippen molar-refractivity contribution in [1.82, 2.24) is 4.98 Å². The first-order valence-corrected chi connectivity index (χ1v) is 10.1. The van der Waals surface area contributed by atoms with Crippen molar-refractivity contribution in [1.29, 1.82) is 0 Å². The highest BCUT2D eigenvalue weighted by Gasteiger charge is 2.10. The van der Waals surface area contributed by atoms with Crippen LogP contribution in [-0.2, 0) is 11.4 Å². The van der Waals surface area contributed by atoms with Gasteiger partial charge in [0.15, 0.2) is 0 Å². The van der Waals surface area contributed by atoms with Crippen molar-refractivity contribution in [3.8, 4) is 5.75 Å². The number of halogens is 1. The fourth-order valence-corrected chi connectivity index (χ4v) is 3.89. The third-order valence-corrected chi connectivity index (χ3v) is 5.57. The van der Waals surface area contributed by atoms with Crippen molar-refractivity contribution in [2.24, 2.45) is 5.73 Å². The maximum absolute atomic E-state index is 11.9. The smallest absolute Gasteiger partial charge is 0.249 e. The first-order chi connectivity index (χ1) is 14.1. The van der Waals surface area contributed by atoms with Crippen LogP contribution in [0.5, 0.6) is 5.75 Å². The number of hydrogen-bond acceptors (Lipinski definition) is 4. The van der Waals surface area contributed by atoms with E-state index >= 15 is 0 Å². The number of primary amides is 1. The predicted octanol–water partition coefficient (Wildman–Crippen LogP) is 5.55. The summed E-state index contributed by atoms with van der Waals surface area (Å²) < 4.78 is 6.98. The van der Waals surface area contributed by atoms with Gasteiger partial charge in [-0.15, -0.1) is 11.3 Å². The highest BCUT2D eigenvalue weighted by atomic mass is 35.5. The van der Waals surface area contributed by atoms with Crippen molar-refractivity contribution in [3.63, 3.8) is 0 Å². The zero-order valence-corrected chi connectivity index (χ0v) is 16.9. The van der Waals surface area contributed by atoms with Gasteiger partial charge in [0.2, 0.25) is 5.91 Å². The van der Waals surface area contributed by atoms with Crippen LogP contribution in [0.1, 0.15) is 16.1 Å². The van der Waals surface area contributed by atoms with Crippen molar-refractivity contribution < 1.29 is 9.53 Å². The number of amides is 1. The molecule has 0 saturated carbocycles. The van der Waals surface area contributed by atoms with Gasteiger partial charge >= 0.3 is 0 Å². The molecule has 0 spiro atoms. The zero-order chi connectivity index (χ0) is 20.2. The zero-order valence-electron chi connectivity index (χ0n) is 15.3. The highest BCUT2D eigenvalue weighted by Crippen LogP contribution is 2.25. The van der Waals surface area contributed by atoms with Crippen LogP contribution < -0.4 is 10.5 Å². The Kier molecular flexibility index (Phi) is 5.60. The maximum atomic E-state index is 11.9. The first kappa shape index (κ1) is 19.2. The Morgan fingerprint density at radius 1 is 1.03 bits per heavy atom. The number of carbonyl (C=O) groups is 1. The van der Waals surface area contributed by atoms with E-state index in [1.807, 2.05) is 60.7 Å². The van der Waals surface area contributed by atoms with E-state index in [1.54, 1.807) is 29.5 Å². The van der Waals surface area contributed by atoms with Gasteiger partial charge in [0.25, 0.3) is 0 Å². The summed E-state index contributed by atoms with van der Waals surface area (Å²) in [5, 5.41) is 1.55. The number of rotatable bonds is 6. The summed E-state index contributed by atoms with van der Waals surface area (Å²) in [6.45, 7) is 0.391. The molecule has 0 unspecified atom stereocenters. The average molecular weight is 421 g/mol. The molecule has 3 aromatic carbocycles. The van der Waals surface area contributed by atoms with Gasteiger partial charge in [-0.05, 0) is 53.6 Å². The van der Waals surface area contributed by atoms with E-state index in [-0.39, 0.29) is 0 Å². The Labute approximate surface area is 177 Å². The fourth-order valence-electron chi connectivity index (χ4n) is 2.88. The van der Waals surface area contributed by atoms with Crippen LogP contribution in [0.4, 0.5) is 0 Å². The number of nitrogens with two attached hydrogens (primary N) is 1. The van der Waals surface area contributed by atoms with Gasteiger partial charge in [-0.2, -0.15) is 0 Å². The molecule has 144 valence electrons. The molecule has 0 atom stereocenters. The van der Waals surface area contributed by atoms with E-state index in [1.165, 1.54) is 0 Å². The van der Waals surface area contributed by atoms with Gasteiger partial charge in [0, 0.05) is 10.6 Å². The van der Waals surface area contributed by atoms with Crippen molar-refractivity contribution in [3.05, 3.63) is 94.0 Å². The molecule has 0 aliphatic heterocycles. The van der Waals surface area contributed by atoms with Crippen molar-refractivity contribution >= 4 is 50.7 Å². The van der Waals surface area contributed by atoms with Crippen LogP contribution >= 0.6 is 22.9 Å². The number of fused-ring (bicyclic) bond motifs is 1. The molecule has 6 heteroatoms. The molecule has 0 aliphatic rings. The van der Waals surface area contributed by atoms with Crippen LogP contribution in [-0.4, -0.2) is 10.9 Å². The maximum Gasteiger partial charge on any atom is 0.249 e. The van der Waals surface area contributed by atoms with E-state index in [9.17, 15) is 4.79 Å². The van der Waals surface area contributed by atoms with Gasteiger partial charge in [-0.1, -0.05) is 48.0 Å². The Morgan fingerprint density at radius 2 is 1.76 bits per heavy atom. The molecule has 4 nitrogen and oxygen atoms in total. The van der Waals surface area contributed by atoms with Crippen LogP contribution in [0.25, 0.3) is 21.9 Å². The standard InChI is InChI=1S/C23H17ClN2O2S/c24-17-9-5-15(6-10-17)13-19(23(25)27)16-7-11-18(12-8-16)28-14-22-26-20-3-1-2-4-21(20)29-22/h1-13H,14H2,(H2,25,27)/b19-13+. The summed E-state index contributed by atoms with van der Waals surface area (Å²) in [5.41, 5.74) is 8.55. The fraction of sp³-hybridized carbons (Fsp3) is 0.0435. The van der Waals surface area contributed by atoms with Crippen LogP contribution in [0.3, 0.4) is 0 Å². The third-order valence-electron chi connectivity index (χ3n) is 4.31. The van der Waals surface area contributed by atoms with Crippen molar-refractivity contribution in [2.45, 2.75) is 6.61 Å². The summed E-state index contributed by atoms with van der Waals surface area (Å²) in [4.78, 5) is 16.5. The molecule has 0 bridgehead atoms. The molecule has 1 heterocycles. The van der Waals surface area contributed by atoms with Gasteiger partial charge in [0.1, 0.15) is 17.4 Å². The summed E-state index contributed by atoms with van der Waals surface area (Å²) in [6, 6.07) is 22.5. The molecular formula is C23H17ClN2O2S. The first-order valence-electron chi connectivity index (χ1n) is 8.93. The topological polar surface area (TPSA) is 65.2 Å². The number of hydrogen-bond donors (Lipinski definition) is 1. The molecule has 0 aliphatic carbocycles. The normalized spacial score (nSPS) is 11.6. The lowest BCUT2D eigenvalue weighted by atomic mass is 10.0. The van der Waals surface area contributed by atoms with Gasteiger partial charge in [-0.25, -0.2) is 4.98 Å². The van der Waals surface area contributed by atoms with E-state index in [0.29, 0.717) is 23.0 Å². The number of aromatic nitrogens is 1. The highest BCUT2D eigenvalue weighted by molar-refractivity contribution is 7.18. The quantitative estimate of drug-likeness (QED) is 0.328. The molecule has 29 heavy (non-hydrogen) atoms. The largest absolute Gasteiger partial charge is 0.486 e. The monoisotopic (exact) mass is 420 g/mol. The van der Waals surface area contributed by atoms with Gasteiger partial charge in [-0.3, -0.25) is 4.79 Å². The van der Waals surface area contributed by atoms with Crippen molar-refractivity contribution in [2.75, 3.05) is 0 Å². The van der Waals surface area contributed by atoms with E-state index < -0.39 is 5.91 Å². The summed E-state index contributed by atoms with van der Waals surface area (Å²) >= 11 is 7.53. The number of carbonyl (C=O) groups excluding carboxylic acids is 1. The molecule has 0 radical (unpaired) electrons. The molecule has 0 saturated heterocycles. The van der Waals surface area contributed by atoms with Crippen LogP contribution in [0, 0.1) is 0 Å². The van der Waals surface area contributed by atoms with Crippen LogP contribution in [0.2, 0.25) is 5.02 Å². The lowest BCUT2D eigenvalue weighted by Crippen LogP contribution is -2.12. The minimum atomic E-state index is -0.497. The summed E-state index contributed by atoms with van der Waals surface area (Å²) in [7, 11) is 0. The Balaban J connectivity index is 1.49.